The number of nitrogens with zero attached hydrogens (tertiary/aromatic N) is 1. The molecule has 0 atom stereocenters. The van der Waals surface area contributed by atoms with Gasteiger partial charge in [-0.1, -0.05) is 188 Å². The molecule has 0 aliphatic heterocycles. The van der Waals surface area contributed by atoms with Crippen LogP contribution in [0.25, 0.3) is 72.5 Å². The maximum Gasteiger partial charge on any atom is 0.0468 e. The SMILES string of the molecule is C1=Cc2c(cccc2-c2ccc(N(c3ccc(-c4ccccc4)cc3)c3ccc(-c4cccc5ccccc45)c(-c4ccccc4)c3)cc2-c2ccccc2)CC1. The summed E-state index contributed by atoms with van der Waals surface area (Å²) in [7, 11) is 0. The average molecular weight is 728 g/mol. The summed E-state index contributed by atoms with van der Waals surface area (Å²) in [5, 5.41) is 2.49. The molecule has 0 N–H and O–H groups in total. The van der Waals surface area contributed by atoms with Crippen molar-refractivity contribution in [2.24, 2.45) is 0 Å². The molecule has 1 nitrogen and oxygen atoms in total. The molecule has 57 heavy (non-hydrogen) atoms. The van der Waals surface area contributed by atoms with Crippen molar-refractivity contribution >= 4 is 33.9 Å². The van der Waals surface area contributed by atoms with Gasteiger partial charge < -0.3 is 4.90 Å². The summed E-state index contributed by atoms with van der Waals surface area (Å²) < 4.78 is 0. The molecule has 270 valence electrons. The van der Waals surface area contributed by atoms with Crippen molar-refractivity contribution in [3.05, 3.63) is 230 Å². The second-order valence-electron chi connectivity index (χ2n) is 14.8. The highest BCUT2D eigenvalue weighted by Crippen LogP contribution is 2.45. The van der Waals surface area contributed by atoms with Gasteiger partial charge >= 0.3 is 0 Å². The second kappa shape index (κ2) is 15.1. The zero-order chi connectivity index (χ0) is 38.0. The minimum atomic E-state index is 1.07. The van der Waals surface area contributed by atoms with E-state index >= 15 is 0 Å². The van der Waals surface area contributed by atoms with Gasteiger partial charge in [0.15, 0.2) is 0 Å². The van der Waals surface area contributed by atoms with E-state index in [-0.39, 0.29) is 0 Å². The molecule has 0 unspecified atom stereocenters. The predicted molar refractivity (Wildman–Crippen MR) is 243 cm³/mol. The van der Waals surface area contributed by atoms with E-state index in [9.17, 15) is 0 Å². The highest BCUT2D eigenvalue weighted by Gasteiger charge is 2.21. The molecular weight excluding hydrogens is 687 g/mol. The van der Waals surface area contributed by atoms with Crippen LogP contribution in [0.5, 0.6) is 0 Å². The van der Waals surface area contributed by atoms with Crippen molar-refractivity contribution in [3.63, 3.8) is 0 Å². The molecule has 0 spiro atoms. The standard InChI is InChI=1S/C56H41N/c1-4-16-40(17-5-1)41-30-32-46(33-31-41)57(47-34-36-53(55(38-47)44-18-6-2-7-19-44)51-28-14-24-42-22-10-12-26-49(42)51)48-35-37-54(56(39-48)45-20-8-3-9-21-45)52-29-15-25-43-23-11-13-27-50(43)52/h1-10,12-22,24-39H,11,23H2. The molecule has 0 saturated carbocycles. The Bertz CT molecular complexity index is 2870. The monoisotopic (exact) mass is 727 g/mol. The highest BCUT2D eigenvalue weighted by atomic mass is 15.1. The lowest BCUT2D eigenvalue weighted by atomic mass is 9.86. The van der Waals surface area contributed by atoms with Gasteiger partial charge in [-0.15, -0.1) is 0 Å². The van der Waals surface area contributed by atoms with Gasteiger partial charge in [0.25, 0.3) is 0 Å². The molecule has 9 aromatic carbocycles. The van der Waals surface area contributed by atoms with Crippen molar-refractivity contribution in [1.82, 2.24) is 0 Å². The first-order valence-corrected chi connectivity index (χ1v) is 19.9. The number of anilines is 3. The van der Waals surface area contributed by atoms with E-state index in [0.29, 0.717) is 0 Å². The molecule has 1 aliphatic rings. The summed E-state index contributed by atoms with van der Waals surface area (Å²) in [4.78, 5) is 2.42. The Kier molecular flexibility index (Phi) is 9.10. The van der Waals surface area contributed by atoms with Crippen LogP contribution in [0.15, 0.2) is 218 Å². The fraction of sp³-hybridized carbons (Fsp3) is 0.0357. The van der Waals surface area contributed by atoms with Gasteiger partial charge in [0.1, 0.15) is 0 Å². The van der Waals surface area contributed by atoms with Crippen LogP contribution in [0.2, 0.25) is 0 Å². The van der Waals surface area contributed by atoms with Gasteiger partial charge in [-0.2, -0.15) is 0 Å². The van der Waals surface area contributed by atoms with Crippen LogP contribution in [0.4, 0.5) is 17.1 Å². The van der Waals surface area contributed by atoms with Gasteiger partial charge in [0.05, 0.1) is 0 Å². The van der Waals surface area contributed by atoms with Crippen LogP contribution in [0, 0.1) is 0 Å². The summed E-state index contributed by atoms with van der Waals surface area (Å²) in [6.45, 7) is 0. The Morgan fingerprint density at radius 3 is 1.51 bits per heavy atom. The Morgan fingerprint density at radius 2 is 0.842 bits per heavy atom. The maximum absolute atomic E-state index is 2.42. The summed E-state index contributed by atoms with van der Waals surface area (Å²) in [5.41, 5.74) is 18.2. The minimum Gasteiger partial charge on any atom is -0.310 e. The van der Waals surface area contributed by atoms with Gasteiger partial charge in [0, 0.05) is 17.1 Å². The molecule has 0 saturated heterocycles. The summed E-state index contributed by atoms with van der Waals surface area (Å²) in [6.07, 6.45) is 6.79. The Balaban J connectivity index is 1.19. The Morgan fingerprint density at radius 1 is 0.333 bits per heavy atom. The van der Waals surface area contributed by atoms with Crippen molar-refractivity contribution in [1.29, 1.82) is 0 Å². The number of hydrogen-bond donors (Lipinski definition) is 0. The lowest BCUT2D eigenvalue weighted by molar-refractivity contribution is 0.986. The van der Waals surface area contributed by atoms with Gasteiger partial charge in [-0.25, -0.2) is 0 Å². The summed E-state index contributed by atoms with van der Waals surface area (Å²) in [6, 6.07) is 77.5. The van der Waals surface area contributed by atoms with E-state index in [1.54, 1.807) is 0 Å². The number of allylic oxidation sites excluding steroid dienone is 1. The lowest BCUT2D eigenvalue weighted by Gasteiger charge is -2.28. The maximum atomic E-state index is 2.42. The third kappa shape index (κ3) is 6.64. The molecule has 0 bridgehead atoms. The first-order chi connectivity index (χ1) is 28.3. The average Bonchev–Trinajstić information content (AvgIpc) is 3.30. The molecular formula is C56H41N. The zero-order valence-electron chi connectivity index (χ0n) is 31.7. The van der Waals surface area contributed by atoms with Crippen molar-refractivity contribution < 1.29 is 0 Å². The number of hydrogen-bond acceptors (Lipinski definition) is 1. The van der Waals surface area contributed by atoms with Crippen LogP contribution < -0.4 is 4.90 Å². The third-order valence-electron chi connectivity index (χ3n) is 11.4. The van der Waals surface area contributed by atoms with Crippen molar-refractivity contribution in [3.8, 4) is 55.6 Å². The summed E-state index contributed by atoms with van der Waals surface area (Å²) in [5.74, 6) is 0. The fourth-order valence-corrected chi connectivity index (χ4v) is 8.57. The molecule has 0 aromatic heterocycles. The van der Waals surface area contributed by atoms with Crippen LogP contribution in [-0.2, 0) is 6.42 Å². The fourth-order valence-electron chi connectivity index (χ4n) is 8.57. The largest absolute Gasteiger partial charge is 0.310 e. The lowest BCUT2D eigenvalue weighted by Crippen LogP contribution is -2.11. The molecule has 0 radical (unpaired) electrons. The molecule has 9 aromatic rings. The zero-order valence-corrected chi connectivity index (χ0v) is 31.7. The van der Waals surface area contributed by atoms with Crippen LogP contribution >= 0.6 is 0 Å². The van der Waals surface area contributed by atoms with Crippen LogP contribution in [0.3, 0.4) is 0 Å². The van der Waals surface area contributed by atoms with Crippen molar-refractivity contribution in [2.45, 2.75) is 12.8 Å². The predicted octanol–water partition coefficient (Wildman–Crippen LogP) is 15.6. The van der Waals surface area contributed by atoms with E-state index < -0.39 is 0 Å². The molecule has 1 heteroatoms. The Labute approximate surface area is 335 Å². The number of rotatable bonds is 8. The molecule has 0 heterocycles. The molecule has 10 rings (SSSR count). The molecule has 0 fully saturated rings. The van der Waals surface area contributed by atoms with E-state index in [0.717, 1.165) is 29.9 Å². The number of aryl methyl sites for hydroxylation is 1. The van der Waals surface area contributed by atoms with E-state index in [2.05, 4.69) is 229 Å². The van der Waals surface area contributed by atoms with Crippen LogP contribution in [0.1, 0.15) is 17.5 Å². The van der Waals surface area contributed by atoms with Gasteiger partial charge in [-0.05, 0) is 127 Å². The first-order valence-electron chi connectivity index (χ1n) is 19.9. The topological polar surface area (TPSA) is 3.24 Å². The number of benzene rings is 9. The van der Waals surface area contributed by atoms with E-state index in [4.69, 9.17) is 0 Å². The minimum absolute atomic E-state index is 1.07. The molecule has 0 amide bonds. The normalized spacial score (nSPS) is 12.0. The second-order valence-corrected chi connectivity index (χ2v) is 14.8. The third-order valence-corrected chi connectivity index (χ3v) is 11.4. The van der Waals surface area contributed by atoms with Gasteiger partial charge in [-0.3, -0.25) is 0 Å². The van der Waals surface area contributed by atoms with E-state index in [1.807, 2.05) is 0 Å². The van der Waals surface area contributed by atoms with Gasteiger partial charge in [0.2, 0.25) is 0 Å². The van der Waals surface area contributed by atoms with Crippen molar-refractivity contribution in [2.75, 3.05) is 4.90 Å². The van der Waals surface area contributed by atoms with E-state index in [1.165, 1.54) is 77.5 Å². The van der Waals surface area contributed by atoms with Crippen LogP contribution in [-0.4, -0.2) is 0 Å². The smallest absolute Gasteiger partial charge is 0.0468 e. The quantitative estimate of drug-likeness (QED) is 0.151. The Hall–Kier alpha value is -7.22. The first kappa shape index (κ1) is 34.3. The summed E-state index contributed by atoms with van der Waals surface area (Å²) >= 11 is 0. The highest BCUT2D eigenvalue weighted by molar-refractivity contribution is 6.02. The number of fused-ring (bicyclic) bond motifs is 2. The molecule has 1 aliphatic carbocycles.